The van der Waals surface area contributed by atoms with Crippen LogP contribution in [0.15, 0.2) is 54.6 Å². The number of amides is 2. The summed E-state index contributed by atoms with van der Waals surface area (Å²) in [7, 11) is 4.74. The van der Waals surface area contributed by atoms with Gasteiger partial charge < -0.3 is 20.1 Å². The molecule has 2 amide bonds. The molecule has 0 unspecified atom stereocenters. The Labute approximate surface area is 162 Å². The number of anilines is 2. The van der Waals surface area contributed by atoms with E-state index in [0.29, 0.717) is 22.9 Å². The first-order valence-electron chi connectivity index (χ1n) is 8.45. The molecule has 0 fully saturated rings. The van der Waals surface area contributed by atoms with Crippen molar-refractivity contribution in [1.82, 2.24) is 9.78 Å². The summed E-state index contributed by atoms with van der Waals surface area (Å²) in [5.74, 6) is 0.595. The minimum Gasteiger partial charge on any atom is -0.497 e. The normalized spacial score (nSPS) is 10.2. The maximum atomic E-state index is 12.5. The number of aromatic nitrogens is 2. The molecule has 144 valence electrons. The second-order valence-corrected chi connectivity index (χ2v) is 5.90. The zero-order chi connectivity index (χ0) is 20.1. The summed E-state index contributed by atoms with van der Waals surface area (Å²) in [6, 6.07) is 15.3. The van der Waals surface area contributed by atoms with Crippen molar-refractivity contribution < 1.29 is 19.1 Å². The van der Waals surface area contributed by atoms with E-state index in [4.69, 9.17) is 9.47 Å². The summed E-state index contributed by atoms with van der Waals surface area (Å²) in [6.45, 7) is 0. The Bertz CT molecular complexity index is 978. The predicted octanol–water partition coefficient (Wildman–Crippen LogP) is 2.94. The molecule has 0 atom stereocenters. The summed E-state index contributed by atoms with van der Waals surface area (Å²) in [4.78, 5) is 24.9. The first-order valence-corrected chi connectivity index (χ1v) is 8.45. The van der Waals surface area contributed by atoms with Crippen LogP contribution in [0.1, 0.15) is 21.0 Å². The van der Waals surface area contributed by atoms with Gasteiger partial charge in [-0.05, 0) is 48.5 Å². The Hall–Kier alpha value is -3.81. The molecule has 1 heterocycles. The average molecular weight is 380 g/mol. The fraction of sp³-hybridized carbons (Fsp3) is 0.150. The quantitative estimate of drug-likeness (QED) is 0.686. The maximum Gasteiger partial charge on any atom is 0.276 e. The summed E-state index contributed by atoms with van der Waals surface area (Å²) in [5.41, 5.74) is 1.60. The number of nitrogens with zero attached hydrogens (tertiary/aromatic N) is 2. The molecule has 8 nitrogen and oxygen atoms in total. The number of methoxy groups -OCH3 is 2. The van der Waals surface area contributed by atoms with Gasteiger partial charge in [0.15, 0.2) is 5.69 Å². The molecule has 0 saturated carbocycles. The third-order valence-electron chi connectivity index (χ3n) is 4.04. The molecular formula is C20H20N4O4. The number of ether oxygens (including phenoxy) is 2. The van der Waals surface area contributed by atoms with Crippen molar-refractivity contribution in [3.05, 3.63) is 66.0 Å². The monoisotopic (exact) mass is 380 g/mol. The average Bonchev–Trinajstić information content (AvgIpc) is 3.11. The van der Waals surface area contributed by atoms with Crippen molar-refractivity contribution >= 4 is 23.2 Å². The van der Waals surface area contributed by atoms with Crippen molar-refractivity contribution in [3.63, 3.8) is 0 Å². The third-order valence-corrected chi connectivity index (χ3v) is 4.04. The first kappa shape index (κ1) is 19.0. The number of nitrogens with one attached hydrogen (secondary N) is 2. The van der Waals surface area contributed by atoms with Crippen molar-refractivity contribution in [3.8, 4) is 11.5 Å². The molecule has 1 aromatic heterocycles. The fourth-order valence-corrected chi connectivity index (χ4v) is 2.53. The van der Waals surface area contributed by atoms with E-state index in [9.17, 15) is 9.59 Å². The van der Waals surface area contributed by atoms with E-state index in [-0.39, 0.29) is 17.3 Å². The van der Waals surface area contributed by atoms with Crippen LogP contribution in [0.5, 0.6) is 11.5 Å². The molecule has 8 heteroatoms. The number of hydrogen-bond acceptors (Lipinski definition) is 5. The van der Waals surface area contributed by atoms with E-state index in [1.165, 1.54) is 10.7 Å². The van der Waals surface area contributed by atoms with Crippen LogP contribution in [-0.2, 0) is 7.05 Å². The topological polar surface area (TPSA) is 94.5 Å². The van der Waals surface area contributed by atoms with Gasteiger partial charge in [-0.25, -0.2) is 0 Å². The Morgan fingerprint density at radius 1 is 0.821 bits per heavy atom. The molecule has 0 saturated heterocycles. The van der Waals surface area contributed by atoms with E-state index < -0.39 is 5.91 Å². The van der Waals surface area contributed by atoms with E-state index in [1.54, 1.807) is 69.8 Å². The van der Waals surface area contributed by atoms with Gasteiger partial charge in [0.05, 0.1) is 14.2 Å². The molecule has 0 aliphatic rings. The van der Waals surface area contributed by atoms with Crippen molar-refractivity contribution in [2.75, 3.05) is 24.9 Å². The molecule has 3 aromatic rings. The predicted molar refractivity (Wildman–Crippen MR) is 105 cm³/mol. The van der Waals surface area contributed by atoms with Gasteiger partial charge in [0.1, 0.15) is 17.2 Å². The van der Waals surface area contributed by atoms with Gasteiger partial charge in [0.25, 0.3) is 11.8 Å². The number of benzene rings is 2. The third kappa shape index (κ3) is 4.29. The summed E-state index contributed by atoms with van der Waals surface area (Å²) < 4.78 is 11.5. The van der Waals surface area contributed by atoms with Crippen molar-refractivity contribution in [2.45, 2.75) is 0 Å². The van der Waals surface area contributed by atoms with Crippen LogP contribution >= 0.6 is 0 Å². The van der Waals surface area contributed by atoms with Crippen LogP contribution in [0.4, 0.5) is 11.4 Å². The number of hydrogen-bond donors (Lipinski definition) is 2. The highest BCUT2D eigenvalue weighted by atomic mass is 16.5. The van der Waals surface area contributed by atoms with Gasteiger partial charge >= 0.3 is 0 Å². The molecule has 0 bridgehead atoms. The highest BCUT2D eigenvalue weighted by molar-refractivity contribution is 6.07. The largest absolute Gasteiger partial charge is 0.497 e. The molecule has 0 aliphatic heterocycles. The molecule has 2 aromatic carbocycles. The number of aryl methyl sites for hydroxylation is 1. The number of rotatable bonds is 6. The summed E-state index contributed by atoms with van der Waals surface area (Å²) in [5, 5.41) is 9.63. The lowest BCUT2D eigenvalue weighted by molar-refractivity contribution is 0.101. The second kappa shape index (κ2) is 8.26. The van der Waals surface area contributed by atoms with Gasteiger partial charge in [0.2, 0.25) is 0 Å². The molecule has 0 radical (unpaired) electrons. The Morgan fingerprint density at radius 3 is 1.75 bits per heavy atom. The van der Waals surface area contributed by atoms with Gasteiger partial charge in [-0.1, -0.05) is 0 Å². The second-order valence-electron chi connectivity index (χ2n) is 5.90. The Balaban J connectivity index is 1.70. The van der Waals surface area contributed by atoms with Gasteiger partial charge in [-0.3, -0.25) is 14.3 Å². The fourth-order valence-electron chi connectivity index (χ4n) is 2.53. The van der Waals surface area contributed by atoms with Crippen LogP contribution in [0.3, 0.4) is 0 Å². The zero-order valence-corrected chi connectivity index (χ0v) is 15.7. The van der Waals surface area contributed by atoms with Crippen LogP contribution in [0.2, 0.25) is 0 Å². The van der Waals surface area contributed by atoms with E-state index >= 15 is 0 Å². The molecular weight excluding hydrogens is 360 g/mol. The zero-order valence-electron chi connectivity index (χ0n) is 15.7. The lowest BCUT2D eigenvalue weighted by Gasteiger charge is -2.06. The van der Waals surface area contributed by atoms with Gasteiger partial charge in [-0.2, -0.15) is 5.10 Å². The van der Waals surface area contributed by atoms with Crippen LogP contribution in [0, 0.1) is 0 Å². The summed E-state index contributed by atoms with van der Waals surface area (Å²) in [6.07, 6.45) is 0. The Morgan fingerprint density at radius 2 is 1.29 bits per heavy atom. The first-order chi connectivity index (χ1) is 13.5. The maximum absolute atomic E-state index is 12.5. The SMILES string of the molecule is COc1ccc(NC(=O)c2cc(C(=O)Nc3ccc(OC)cc3)n(C)n2)cc1. The van der Waals surface area contributed by atoms with E-state index in [1.807, 2.05) is 0 Å². The lowest BCUT2D eigenvalue weighted by Crippen LogP contribution is -2.15. The smallest absolute Gasteiger partial charge is 0.276 e. The Kier molecular flexibility index (Phi) is 5.59. The van der Waals surface area contributed by atoms with Gasteiger partial charge in [-0.15, -0.1) is 0 Å². The molecule has 2 N–H and O–H groups in total. The highest BCUT2D eigenvalue weighted by Gasteiger charge is 2.18. The molecule has 0 spiro atoms. The van der Waals surface area contributed by atoms with E-state index in [0.717, 1.165) is 0 Å². The van der Waals surface area contributed by atoms with Crippen LogP contribution in [-0.4, -0.2) is 35.8 Å². The van der Waals surface area contributed by atoms with Crippen LogP contribution in [0.25, 0.3) is 0 Å². The summed E-state index contributed by atoms with van der Waals surface area (Å²) >= 11 is 0. The van der Waals surface area contributed by atoms with E-state index in [2.05, 4.69) is 15.7 Å². The van der Waals surface area contributed by atoms with Crippen molar-refractivity contribution in [2.24, 2.45) is 7.05 Å². The van der Waals surface area contributed by atoms with Crippen molar-refractivity contribution in [1.29, 1.82) is 0 Å². The van der Waals surface area contributed by atoms with Gasteiger partial charge in [0, 0.05) is 24.5 Å². The number of carbonyl (C=O) groups is 2. The lowest BCUT2D eigenvalue weighted by atomic mass is 10.2. The number of carbonyl (C=O) groups excluding carboxylic acids is 2. The molecule has 3 rings (SSSR count). The van der Waals surface area contributed by atoms with Crippen LogP contribution < -0.4 is 20.1 Å². The highest BCUT2D eigenvalue weighted by Crippen LogP contribution is 2.18. The molecule has 28 heavy (non-hydrogen) atoms. The molecule has 0 aliphatic carbocycles. The standard InChI is InChI=1S/C20H20N4O4/c1-24-18(20(26)22-14-6-10-16(28-3)11-7-14)12-17(23-24)19(25)21-13-4-8-15(27-2)9-5-13/h4-12H,1-3H3,(H,21,25)(H,22,26). The minimum atomic E-state index is -0.413. The minimum absolute atomic E-state index is 0.137.